The van der Waals surface area contributed by atoms with Gasteiger partial charge < -0.3 is 15.0 Å². The van der Waals surface area contributed by atoms with Crippen LogP contribution in [0.15, 0.2) is 24.5 Å². The lowest BCUT2D eigenvalue weighted by Gasteiger charge is -2.25. The van der Waals surface area contributed by atoms with Crippen molar-refractivity contribution in [2.75, 3.05) is 32.1 Å². The summed E-state index contributed by atoms with van der Waals surface area (Å²) >= 11 is 0. The molecular weight excluding hydrogens is 356 g/mol. The third-order valence-corrected chi connectivity index (χ3v) is 5.18. The first-order valence-corrected chi connectivity index (χ1v) is 9.96. The van der Waals surface area contributed by atoms with Gasteiger partial charge in [-0.2, -0.15) is 0 Å². The highest BCUT2D eigenvalue weighted by Gasteiger charge is 2.26. The third-order valence-electron chi connectivity index (χ3n) is 5.18. The van der Waals surface area contributed by atoms with E-state index in [9.17, 15) is 4.79 Å². The van der Waals surface area contributed by atoms with Crippen LogP contribution in [-0.4, -0.2) is 52.9 Å². The molecule has 2 atom stereocenters. The minimum Gasteiger partial charge on any atom is -0.370 e. The largest absolute Gasteiger partial charge is 0.370 e. The van der Waals surface area contributed by atoms with Crippen LogP contribution in [0.3, 0.4) is 0 Å². The summed E-state index contributed by atoms with van der Waals surface area (Å²) in [7, 11) is 3.62. The molecule has 3 rings (SSSR count). The highest BCUT2D eigenvalue weighted by atomic mass is 16.5. The summed E-state index contributed by atoms with van der Waals surface area (Å²) in [4.78, 5) is 18.0. The lowest BCUT2D eigenvalue weighted by atomic mass is 10.1. The van der Waals surface area contributed by atoms with E-state index in [0.717, 1.165) is 50.6 Å². The summed E-state index contributed by atoms with van der Waals surface area (Å²) in [6, 6.07) is 4.05. The number of amides is 1. The lowest BCUT2D eigenvalue weighted by molar-refractivity contribution is -0.123. The van der Waals surface area contributed by atoms with Gasteiger partial charge in [0, 0.05) is 46.2 Å². The SMILES string of the molecule is CNC(=O)C(C)CN(C)c1nnc(C2CCCCO2)n1CCc1ccncc1. The molecule has 3 heterocycles. The van der Waals surface area contributed by atoms with Gasteiger partial charge in [0.1, 0.15) is 6.10 Å². The van der Waals surface area contributed by atoms with E-state index in [4.69, 9.17) is 4.74 Å². The predicted octanol–water partition coefficient (Wildman–Crippen LogP) is 1.98. The molecule has 0 bridgehead atoms. The Morgan fingerprint density at radius 2 is 2.14 bits per heavy atom. The first-order chi connectivity index (χ1) is 13.6. The topological polar surface area (TPSA) is 85.2 Å². The molecular formula is C20H30N6O2. The predicted molar refractivity (Wildman–Crippen MR) is 107 cm³/mol. The monoisotopic (exact) mass is 386 g/mol. The van der Waals surface area contributed by atoms with Gasteiger partial charge in [0.2, 0.25) is 11.9 Å². The number of anilines is 1. The molecule has 0 aromatic carbocycles. The van der Waals surface area contributed by atoms with Crippen molar-refractivity contribution >= 4 is 11.9 Å². The van der Waals surface area contributed by atoms with Crippen molar-refractivity contribution in [2.45, 2.75) is 45.3 Å². The van der Waals surface area contributed by atoms with E-state index < -0.39 is 0 Å². The molecule has 152 valence electrons. The quantitative estimate of drug-likeness (QED) is 0.747. The smallest absolute Gasteiger partial charge is 0.227 e. The number of aryl methyl sites for hydroxylation is 1. The number of ether oxygens (including phenoxy) is 1. The lowest BCUT2D eigenvalue weighted by Crippen LogP contribution is -2.35. The van der Waals surface area contributed by atoms with Crippen molar-refractivity contribution in [3.8, 4) is 0 Å². The molecule has 1 aliphatic heterocycles. The van der Waals surface area contributed by atoms with E-state index in [1.807, 2.05) is 43.4 Å². The minimum absolute atomic E-state index is 0.0165. The normalized spacial score (nSPS) is 17.9. The van der Waals surface area contributed by atoms with Crippen molar-refractivity contribution in [3.05, 3.63) is 35.9 Å². The molecule has 2 aromatic rings. The molecule has 2 aromatic heterocycles. The summed E-state index contributed by atoms with van der Waals surface area (Å²) < 4.78 is 8.12. The van der Waals surface area contributed by atoms with Crippen LogP contribution in [0, 0.1) is 5.92 Å². The number of hydrogen-bond donors (Lipinski definition) is 1. The Bertz CT molecular complexity index is 757. The van der Waals surface area contributed by atoms with Gasteiger partial charge >= 0.3 is 0 Å². The van der Waals surface area contributed by atoms with Gasteiger partial charge in [-0.25, -0.2) is 0 Å². The summed E-state index contributed by atoms with van der Waals surface area (Å²) in [6.45, 7) is 4.00. The number of carbonyl (C=O) groups excluding carboxylic acids is 1. The Balaban J connectivity index is 1.81. The van der Waals surface area contributed by atoms with Crippen LogP contribution in [0.5, 0.6) is 0 Å². The number of nitrogens with one attached hydrogen (secondary N) is 1. The van der Waals surface area contributed by atoms with Crippen molar-refractivity contribution in [1.29, 1.82) is 0 Å². The Kier molecular flexibility index (Phi) is 6.97. The zero-order chi connectivity index (χ0) is 19.9. The van der Waals surface area contributed by atoms with E-state index in [2.05, 4.69) is 25.1 Å². The molecule has 2 unspecified atom stereocenters. The fraction of sp³-hybridized carbons (Fsp3) is 0.600. The molecule has 0 radical (unpaired) electrons. The molecule has 0 saturated carbocycles. The van der Waals surface area contributed by atoms with Gasteiger partial charge in [-0.15, -0.1) is 10.2 Å². The summed E-state index contributed by atoms with van der Waals surface area (Å²) in [5.41, 5.74) is 1.21. The van der Waals surface area contributed by atoms with Crippen LogP contribution in [-0.2, 0) is 22.5 Å². The van der Waals surface area contributed by atoms with Crippen molar-refractivity contribution in [2.24, 2.45) is 5.92 Å². The van der Waals surface area contributed by atoms with Crippen LogP contribution in [0.4, 0.5) is 5.95 Å². The first kappa shape index (κ1) is 20.3. The third kappa shape index (κ3) is 4.86. The number of carbonyl (C=O) groups is 1. The second-order valence-corrected chi connectivity index (χ2v) is 7.37. The molecule has 1 fully saturated rings. The molecule has 1 saturated heterocycles. The summed E-state index contributed by atoms with van der Waals surface area (Å²) in [5.74, 6) is 1.53. The van der Waals surface area contributed by atoms with Gasteiger partial charge in [-0.3, -0.25) is 14.3 Å². The Morgan fingerprint density at radius 3 is 2.82 bits per heavy atom. The molecule has 1 N–H and O–H groups in total. The maximum Gasteiger partial charge on any atom is 0.227 e. The minimum atomic E-state index is -0.144. The van der Waals surface area contributed by atoms with E-state index in [0.29, 0.717) is 6.54 Å². The van der Waals surface area contributed by atoms with Gasteiger partial charge in [0.05, 0.1) is 5.92 Å². The molecule has 1 aliphatic rings. The maximum atomic E-state index is 11.9. The second-order valence-electron chi connectivity index (χ2n) is 7.37. The van der Waals surface area contributed by atoms with Crippen LogP contribution in [0.25, 0.3) is 0 Å². The molecule has 0 aliphatic carbocycles. The Labute approximate surface area is 166 Å². The average Bonchev–Trinajstić information content (AvgIpc) is 3.17. The Morgan fingerprint density at radius 1 is 1.36 bits per heavy atom. The van der Waals surface area contributed by atoms with Gasteiger partial charge in [-0.1, -0.05) is 6.92 Å². The molecule has 8 heteroatoms. The molecule has 28 heavy (non-hydrogen) atoms. The average molecular weight is 387 g/mol. The number of rotatable bonds is 8. The number of aromatic nitrogens is 4. The first-order valence-electron chi connectivity index (χ1n) is 9.96. The van der Waals surface area contributed by atoms with Crippen LogP contribution < -0.4 is 10.2 Å². The fourth-order valence-electron chi connectivity index (χ4n) is 3.60. The number of hydrogen-bond acceptors (Lipinski definition) is 6. The zero-order valence-corrected chi connectivity index (χ0v) is 17.0. The highest BCUT2D eigenvalue weighted by molar-refractivity contribution is 5.78. The van der Waals surface area contributed by atoms with Gasteiger partial charge in [0.25, 0.3) is 0 Å². The van der Waals surface area contributed by atoms with Crippen molar-refractivity contribution in [3.63, 3.8) is 0 Å². The summed E-state index contributed by atoms with van der Waals surface area (Å²) in [6.07, 6.45) is 7.66. The molecule has 8 nitrogen and oxygen atoms in total. The number of nitrogens with zero attached hydrogens (tertiary/aromatic N) is 5. The van der Waals surface area contributed by atoms with Gasteiger partial charge in [0.15, 0.2) is 5.82 Å². The van der Waals surface area contributed by atoms with E-state index in [-0.39, 0.29) is 17.9 Å². The Hall–Kier alpha value is -2.48. The van der Waals surface area contributed by atoms with Crippen molar-refractivity contribution < 1.29 is 9.53 Å². The number of pyridine rings is 1. The highest BCUT2D eigenvalue weighted by Crippen LogP contribution is 2.29. The van der Waals surface area contributed by atoms with Crippen LogP contribution >= 0.6 is 0 Å². The summed E-state index contributed by atoms with van der Waals surface area (Å²) in [5, 5.41) is 11.6. The van der Waals surface area contributed by atoms with Crippen molar-refractivity contribution in [1.82, 2.24) is 25.1 Å². The van der Waals surface area contributed by atoms with Gasteiger partial charge in [-0.05, 0) is 43.4 Å². The van der Waals surface area contributed by atoms with E-state index >= 15 is 0 Å². The molecule has 0 spiro atoms. The van der Waals surface area contributed by atoms with Crippen LogP contribution in [0.1, 0.15) is 43.7 Å². The maximum absolute atomic E-state index is 11.9. The zero-order valence-electron chi connectivity index (χ0n) is 17.0. The van der Waals surface area contributed by atoms with E-state index in [1.165, 1.54) is 5.56 Å². The second kappa shape index (κ2) is 9.64. The standard InChI is InChI=1S/C20H30N6O2/c1-15(19(27)21-2)14-25(3)20-24-23-18(17-6-4-5-13-28-17)26(20)12-9-16-7-10-22-11-8-16/h7-8,10-11,15,17H,4-6,9,12-14H2,1-3H3,(H,21,27). The fourth-order valence-corrected chi connectivity index (χ4v) is 3.60. The van der Waals surface area contributed by atoms with E-state index in [1.54, 1.807) is 7.05 Å². The molecule has 1 amide bonds. The van der Waals surface area contributed by atoms with Crippen LogP contribution in [0.2, 0.25) is 0 Å².